The molecule has 0 aliphatic carbocycles. The van der Waals surface area contributed by atoms with Crippen molar-refractivity contribution < 1.29 is 4.74 Å². The van der Waals surface area contributed by atoms with Gasteiger partial charge in [-0.2, -0.15) is 5.26 Å². The predicted octanol–water partition coefficient (Wildman–Crippen LogP) is 6.16. The summed E-state index contributed by atoms with van der Waals surface area (Å²) in [5.41, 5.74) is 11.0. The van der Waals surface area contributed by atoms with E-state index >= 15 is 0 Å². The van der Waals surface area contributed by atoms with Crippen molar-refractivity contribution >= 4 is 34.8 Å². The fourth-order valence-corrected chi connectivity index (χ4v) is 3.52. The minimum atomic E-state index is -0.741. The summed E-state index contributed by atoms with van der Waals surface area (Å²) in [4.78, 5) is 4.32. The maximum atomic E-state index is 9.26. The van der Waals surface area contributed by atoms with E-state index in [0.717, 1.165) is 27.9 Å². The lowest BCUT2D eigenvalue weighted by atomic mass is 9.99. The van der Waals surface area contributed by atoms with Gasteiger partial charge in [0.25, 0.3) is 0 Å². The Morgan fingerprint density at radius 3 is 2.31 bits per heavy atom. The maximum Gasteiger partial charge on any atom is 0.174 e. The quantitative estimate of drug-likeness (QED) is 0.477. The standard InChI is InChI=1S/C22H18Cl3N3O/c1-12-5-15(6-13(2)18(12)10-26)22(27)29-21-9-20(25)19(24)8-14(21)7-17-4-3-16(23)11-28-17/h3-6,8-9,11,22H,7,27H2,1-2H3. The lowest BCUT2D eigenvalue weighted by molar-refractivity contribution is 0.212. The molecule has 0 spiro atoms. The Morgan fingerprint density at radius 2 is 1.72 bits per heavy atom. The summed E-state index contributed by atoms with van der Waals surface area (Å²) in [6, 6.07) is 12.9. The molecule has 2 N–H and O–H groups in total. The molecule has 0 radical (unpaired) electrons. The molecule has 0 fully saturated rings. The number of nitriles is 1. The zero-order valence-corrected chi connectivity index (χ0v) is 18.1. The SMILES string of the molecule is Cc1cc(C(N)Oc2cc(Cl)c(Cl)cc2Cc2ccc(Cl)cn2)cc(C)c1C#N. The average molecular weight is 447 g/mol. The number of hydrogen-bond acceptors (Lipinski definition) is 4. The Kier molecular flexibility index (Phi) is 6.66. The van der Waals surface area contributed by atoms with Crippen LogP contribution < -0.4 is 10.5 Å². The molecule has 1 unspecified atom stereocenters. The van der Waals surface area contributed by atoms with Gasteiger partial charge in [0, 0.05) is 35.5 Å². The number of nitrogens with zero attached hydrogens (tertiary/aromatic N) is 2. The third-order valence-electron chi connectivity index (χ3n) is 4.51. The molecule has 2 aromatic carbocycles. The third-order valence-corrected chi connectivity index (χ3v) is 5.46. The van der Waals surface area contributed by atoms with Crippen LogP contribution in [0.4, 0.5) is 0 Å². The van der Waals surface area contributed by atoms with Crippen LogP contribution in [0.2, 0.25) is 15.1 Å². The molecule has 0 amide bonds. The molecule has 1 heterocycles. The van der Waals surface area contributed by atoms with Crippen LogP contribution >= 0.6 is 34.8 Å². The highest BCUT2D eigenvalue weighted by atomic mass is 35.5. The fourth-order valence-electron chi connectivity index (χ4n) is 3.07. The van der Waals surface area contributed by atoms with E-state index in [0.29, 0.717) is 32.8 Å². The molecule has 0 aliphatic rings. The largest absolute Gasteiger partial charge is 0.471 e. The highest BCUT2D eigenvalue weighted by molar-refractivity contribution is 6.42. The van der Waals surface area contributed by atoms with Gasteiger partial charge in [0.05, 0.1) is 26.7 Å². The Balaban J connectivity index is 1.93. The van der Waals surface area contributed by atoms with E-state index in [2.05, 4.69) is 11.1 Å². The van der Waals surface area contributed by atoms with E-state index in [-0.39, 0.29) is 0 Å². The molecule has 3 rings (SSSR count). The number of aryl methyl sites for hydroxylation is 2. The van der Waals surface area contributed by atoms with Crippen molar-refractivity contribution in [3.05, 3.63) is 91.2 Å². The second kappa shape index (κ2) is 9.02. The molecule has 1 atom stereocenters. The van der Waals surface area contributed by atoms with Crippen LogP contribution in [0.25, 0.3) is 0 Å². The number of ether oxygens (including phenoxy) is 1. The number of aromatic nitrogens is 1. The Bertz CT molecular complexity index is 1070. The molecule has 0 aliphatic heterocycles. The van der Waals surface area contributed by atoms with Gasteiger partial charge in [-0.25, -0.2) is 0 Å². The van der Waals surface area contributed by atoms with E-state index in [9.17, 15) is 5.26 Å². The first-order chi connectivity index (χ1) is 13.8. The van der Waals surface area contributed by atoms with E-state index in [1.54, 1.807) is 24.4 Å². The number of pyridine rings is 1. The molecule has 1 aromatic heterocycles. The van der Waals surface area contributed by atoms with Gasteiger partial charge in [0.15, 0.2) is 6.23 Å². The smallest absolute Gasteiger partial charge is 0.174 e. The zero-order chi connectivity index (χ0) is 21.1. The average Bonchev–Trinajstić information content (AvgIpc) is 2.67. The normalized spacial score (nSPS) is 11.8. The first-order valence-electron chi connectivity index (χ1n) is 8.80. The summed E-state index contributed by atoms with van der Waals surface area (Å²) in [5.74, 6) is 0.517. The van der Waals surface area contributed by atoms with Crippen LogP contribution in [0.15, 0.2) is 42.6 Å². The van der Waals surface area contributed by atoms with E-state index in [1.807, 2.05) is 32.0 Å². The van der Waals surface area contributed by atoms with Gasteiger partial charge in [-0.15, -0.1) is 0 Å². The fraction of sp³-hybridized carbons (Fsp3) is 0.182. The van der Waals surface area contributed by atoms with Crippen LogP contribution in [0, 0.1) is 25.2 Å². The second-order valence-corrected chi connectivity index (χ2v) is 7.95. The minimum absolute atomic E-state index is 0.369. The van der Waals surface area contributed by atoms with Gasteiger partial charge in [-0.3, -0.25) is 10.7 Å². The lowest BCUT2D eigenvalue weighted by Crippen LogP contribution is -2.19. The molecular formula is C22H18Cl3N3O. The van der Waals surface area contributed by atoms with Crippen molar-refractivity contribution in [2.45, 2.75) is 26.5 Å². The predicted molar refractivity (Wildman–Crippen MR) is 117 cm³/mol. The molecule has 3 aromatic rings. The first kappa shape index (κ1) is 21.4. The van der Waals surface area contributed by atoms with Crippen molar-refractivity contribution in [1.82, 2.24) is 4.98 Å². The zero-order valence-electron chi connectivity index (χ0n) is 15.8. The minimum Gasteiger partial charge on any atom is -0.471 e. The molecule has 0 saturated heterocycles. The van der Waals surface area contributed by atoms with Gasteiger partial charge in [-0.1, -0.05) is 34.8 Å². The monoisotopic (exact) mass is 445 g/mol. The first-order valence-corrected chi connectivity index (χ1v) is 9.93. The molecule has 4 nitrogen and oxygen atoms in total. The summed E-state index contributed by atoms with van der Waals surface area (Å²) >= 11 is 18.3. The number of rotatable bonds is 5. The van der Waals surface area contributed by atoms with Gasteiger partial charge < -0.3 is 4.74 Å². The molecular weight excluding hydrogens is 429 g/mol. The van der Waals surface area contributed by atoms with Gasteiger partial charge >= 0.3 is 0 Å². The van der Waals surface area contributed by atoms with Crippen molar-refractivity contribution in [2.24, 2.45) is 5.73 Å². The molecule has 148 valence electrons. The molecule has 29 heavy (non-hydrogen) atoms. The summed E-state index contributed by atoms with van der Waals surface area (Å²) in [5, 5.41) is 10.6. The van der Waals surface area contributed by atoms with Gasteiger partial charge in [0.1, 0.15) is 5.75 Å². The Hall–Kier alpha value is -2.29. The number of hydrogen-bond donors (Lipinski definition) is 1. The van der Waals surface area contributed by atoms with Crippen LogP contribution in [0.3, 0.4) is 0 Å². The van der Waals surface area contributed by atoms with Gasteiger partial charge in [0.2, 0.25) is 0 Å². The van der Waals surface area contributed by atoms with E-state index in [4.69, 9.17) is 45.3 Å². The highest BCUT2D eigenvalue weighted by Crippen LogP contribution is 2.34. The summed E-state index contributed by atoms with van der Waals surface area (Å²) < 4.78 is 6.04. The number of nitrogens with two attached hydrogens (primary N) is 1. The lowest BCUT2D eigenvalue weighted by Gasteiger charge is -2.20. The van der Waals surface area contributed by atoms with Crippen molar-refractivity contribution in [2.75, 3.05) is 0 Å². The van der Waals surface area contributed by atoms with E-state index in [1.165, 1.54) is 0 Å². The van der Waals surface area contributed by atoms with E-state index < -0.39 is 6.23 Å². The number of halogens is 3. The maximum absolute atomic E-state index is 9.26. The Morgan fingerprint density at radius 1 is 1.07 bits per heavy atom. The molecule has 0 bridgehead atoms. The Labute approximate surface area is 184 Å². The second-order valence-electron chi connectivity index (χ2n) is 6.70. The van der Waals surface area contributed by atoms with Crippen LogP contribution in [0.5, 0.6) is 5.75 Å². The van der Waals surface area contributed by atoms with Gasteiger partial charge in [-0.05, 0) is 55.3 Å². The van der Waals surface area contributed by atoms with Crippen molar-refractivity contribution in [3.8, 4) is 11.8 Å². The third kappa shape index (κ3) is 5.01. The van der Waals surface area contributed by atoms with Crippen LogP contribution in [-0.4, -0.2) is 4.98 Å². The molecule has 7 heteroatoms. The molecule has 0 saturated carbocycles. The van der Waals surface area contributed by atoms with Crippen LogP contribution in [0.1, 0.15) is 39.7 Å². The summed E-state index contributed by atoms with van der Waals surface area (Å²) in [6.07, 6.45) is 1.32. The number of benzene rings is 2. The summed E-state index contributed by atoms with van der Waals surface area (Å²) in [6.45, 7) is 3.75. The highest BCUT2D eigenvalue weighted by Gasteiger charge is 2.16. The van der Waals surface area contributed by atoms with Crippen molar-refractivity contribution in [1.29, 1.82) is 5.26 Å². The van der Waals surface area contributed by atoms with Crippen LogP contribution in [-0.2, 0) is 6.42 Å². The van der Waals surface area contributed by atoms with Crippen molar-refractivity contribution in [3.63, 3.8) is 0 Å². The summed E-state index contributed by atoms with van der Waals surface area (Å²) in [7, 11) is 0. The topological polar surface area (TPSA) is 71.9 Å².